The first-order valence-electron chi connectivity index (χ1n) is 7.49. The fourth-order valence-corrected chi connectivity index (χ4v) is 3.55. The molecule has 1 saturated carbocycles. The minimum atomic E-state index is -0.676. The van der Waals surface area contributed by atoms with Crippen LogP contribution in [0.5, 0.6) is 0 Å². The SMILES string of the molecule is O=C1OC2(CCCCC2)CN1CC(O)c1ccc(Br)cc1. The smallest absolute Gasteiger partial charge is 0.410 e. The van der Waals surface area contributed by atoms with Gasteiger partial charge >= 0.3 is 6.09 Å². The van der Waals surface area contributed by atoms with Gasteiger partial charge in [0.2, 0.25) is 0 Å². The Morgan fingerprint density at radius 2 is 1.90 bits per heavy atom. The van der Waals surface area contributed by atoms with Crippen molar-refractivity contribution in [2.75, 3.05) is 13.1 Å². The number of aliphatic hydroxyl groups excluding tert-OH is 1. The van der Waals surface area contributed by atoms with Crippen LogP contribution in [0.1, 0.15) is 43.8 Å². The summed E-state index contributed by atoms with van der Waals surface area (Å²) in [6.07, 6.45) is 4.40. The highest BCUT2D eigenvalue weighted by atomic mass is 79.9. The van der Waals surface area contributed by atoms with E-state index in [1.54, 1.807) is 4.90 Å². The van der Waals surface area contributed by atoms with Crippen molar-refractivity contribution in [3.8, 4) is 0 Å². The first-order valence-corrected chi connectivity index (χ1v) is 8.29. The molecule has 0 aromatic heterocycles. The van der Waals surface area contributed by atoms with Crippen molar-refractivity contribution in [3.63, 3.8) is 0 Å². The molecule has 1 aliphatic heterocycles. The summed E-state index contributed by atoms with van der Waals surface area (Å²) in [5.74, 6) is 0. The van der Waals surface area contributed by atoms with Gasteiger partial charge in [-0.1, -0.05) is 34.5 Å². The number of amides is 1. The molecule has 1 N–H and O–H groups in total. The van der Waals surface area contributed by atoms with Gasteiger partial charge in [0.05, 0.1) is 19.2 Å². The maximum atomic E-state index is 12.1. The van der Waals surface area contributed by atoms with Gasteiger partial charge in [-0.25, -0.2) is 4.79 Å². The predicted octanol–water partition coefficient (Wildman–Crippen LogP) is 3.64. The van der Waals surface area contributed by atoms with Gasteiger partial charge in [-0.15, -0.1) is 0 Å². The topological polar surface area (TPSA) is 49.8 Å². The molecule has 5 heteroatoms. The van der Waals surface area contributed by atoms with Crippen LogP contribution in [0.25, 0.3) is 0 Å². The molecule has 21 heavy (non-hydrogen) atoms. The molecule has 1 aliphatic carbocycles. The van der Waals surface area contributed by atoms with Crippen molar-refractivity contribution >= 4 is 22.0 Å². The number of rotatable bonds is 3. The monoisotopic (exact) mass is 353 g/mol. The molecular formula is C16H20BrNO3. The number of hydrogen-bond acceptors (Lipinski definition) is 3. The van der Waals surface area contributed by atoms with Gasteiger partial charge in [-0.05, 0) is 43.4 Å². The van der Waals surface area contributed by atoms with E-state index in [9.17, 15) is 9.90 Å². The Balaban J connectivity index is 1.64. The molecule has 1 aromatic carbocycles. The summed E-state index contributed by atoms with van der Waals surface area (Å²) in [5.41, 5.74) is 0.519. The van der Waals surface area contributed by atoms with Crippen LogP contribution < -0.4 is 0 Å². The molecule has 4 nitrogen and oxygen atoms in total. The largest absolute Gasteiger partial charge is 0.441 e. The van der Waals surface area contributed by atoms with Crippen LogP contribution in [0.2, 0.25) is 0 Å². The van der Waals surface area contributed by atoms with Crippen molar-refractivity contribution < 1.29 is 14.6 Å². The highest BCUT2D eigenvalue weighted by Crippen LogP contribution is 2.37. The molecule has 3 rings (SSSR count). The Hall–Kier alpha value is -1.07. The van der Waals surface area contributed by atoms with Crippen LogP contribution >= 0.6 is 15.9 Å². The van der Waals surface area contributed by atoms with Gasteiger partial charge in [-0.2, -0.15) is 0 Å². The molecule has 114 valence electrons. The quantitative estimate of drug-likeness (QED) is 0.902. The van der Waals surface area contributed by atoms with E-state index in [2.05, 4.69) is 15.9 Å². The Labute approximate surface area is 133 Å². The van der Waals surface area contributed by atoms with Crippen LogP contribution in [0.3, 0.4) is 0 Å². The number of hydrogen-bond donors (Lipinski definition) is 1. The van der Waals surface area contributed by atoms with Crippen LogP contribution in [0.4, 0.5) is 4.79 Å². The molecule has 1 unspecified atom stereocenters. The molecule has 2 fully saturated rings. The van der Waals surface area contributed by atoms with E-state index in [0.29, 0.717) is 13.1 Å². The van der Waals surface area contributed by atoms with Crippen molar-refractivity contribution in [3.05, 3.63) is 34.3 Å². The number of halogens is 1. The van der Waals surface area contributed by atoms with Crippen LogP contribution in [-0.2, 0) is 4.74 Å². The van der Waals surface area contributed by atoms with Gasteiger partial charge in [0.1, 0.15) is 5.60 Å². The van der Waals surface area contributed by atoms with E-state index < -0.39 is 6.10 Å². The van der Waals surface area contributed by atoms with Gasteiger partial charge in [-0.3, -0.25) is 0 Å². The molecule has 0 radical (unpaired) electrons. The Morgan fingerprint density at radius 1 is 1.24 bits per heavy atom. The van der Waals surface area contributed by atoms with Gasteiger partial charge in [0, 0.05) is 4.47 Å². The zero-order valence-electron chi connectivity index (χ0n) is 11.9. The molecule has 1 atom stereocenters. The summed E-state index contributed by atoms with van der Waals surface area (Å²) in [6, 6.07) is 7.52. The summed E-state index contributed by atoms with van der Waals surface area (Å²) in [7, 11) is 0. The normalized spacial score (nSPS) is 22.4. The molecule has 1 amide bonds. The molecule has 1 heterocycles. The third-order valence-corrected chi connectivity index (χ3v) is 4.98. The highest BCUT2D eigenvalue weighted by molar-refractivity contribution is 9.10. The fourth-order valence-electron chi connectivity index (χ4n) is 3.29. The zero-order chi connectivity index (χ0) is 14.9. The second-order valence-corrected chi connectivity index (χ2v) is 6.98. The summed E-state index contributed by atoms with van der Waals surface area (Å²) in [4.78, 5) is 13.7. The lowest BCUT2D eigenvalue weighted by molar-refractivity contribution is 0.0260. The number of β-amino-alcohol motifs (C(OH)–C–C–N with tert-alkyl or cyclic N) is 1. The van der Waals surface area contributed by atoms with E-state index >= 15 is 0 Å². The lowest BCUT2D eigenvalue weighted by atomic mass is 9.85. The Bertz CT molecular complexity index is 511. The molecule has 1 spiro atoms. The van der Waals surface area contributed by atoms with Crippen LogP contribution in [-0.4, -0.2) is 34.8 Å². The number of ether oxygens (including phenoxy) is 1. The van der Waals surface area contributed by atoms with Gasteiger partial charge in [0.15, 0.2) is 0 Å². The Kier molecular flexibility index (Phi) is 4.22. The third kappa shape index (κ3) is 3.24. The Morgan fingerprint density at radius 3 is 2.57 bits per heavy atom. The number of nitrogens with zero attached hydrogens (tertiary/aromatic N) is 1. The van der Waals surface area contributed by atoms with Crippen LogP contribution in [0.15, 0.2) is 28.7 Å². The number of carbonyl (C=O) groups is 1. The number of benzene rings is 1. The summed E-state index contributed by atoms with van der Waals surface area (Å²) in [5, 5.41) is 10.3. The van der Waals surface area contributed by atoms with Crippen molar-refractivity contribution in [2.24, 2.45) is 0 Å². The van der Waals surface area contributed by atoms with Gasteiger partial charge < -0.3 is 14.7 Å². The molecular weight excluding hydrogens is 334 g/mol. The molecule has 1 saturated heterocycles. The predicted molar refractivity (Wildman–Crippen MR) is 83.0 cm³/mol. The highest BCUT2D eigenvalue weighted by Gasteiger charge is 2.45. The van der Waals surface area contributed by atoms with Crippen molar-refractivity contribution in [1.82, 2.24) is 4.90 Å². The van der Waals surface area contributed by atoms with E-state index in [4.69, 9.17) is 4.74 Å². The lowest BCUT2D eigenvalue weighted by Crippen LogP contribution is -2.37. The van der Waals surface area contributed by atoms with Crippen molar-refractivity contribution in [1.29, 1.82) is 0 Å². The van der Waals surface area contributed by atoms with E-state index in [-0.39, 0.29) is 11.7 Å². The molecule has 2 aliphatic rings. The third-order valence-electron chi connectivity index (χ3n) is 4.45. The second kappa shape index (κ2) is 5.97. The molecule has 0 bridgehead atoms. The summed E-state index contributed by atoms with van der Waals surface area (Å²) < 4.78 is 6.60. The zero-order valence-corrected chi connectivity index (χ0v) is 13.5. The minimum absolute atomic E-state index is 0.284. The number of aliphatic hydroxyl groups is 1. The van der Waals surface area contributed by atoms with Crippen LogP contribution in [0, 0.1) is 0 Å². The summed E-state index contributed by atoms with van der Waals surface area (Å²) >= 11 is 3.37. The molecule has 1 aromatic rings. The van der Waals surface area contributed by atoms with E-state index in [1.807, 2.05) is 24.3 Å². The standard InChI is InChI=1S/C16H20BrNO3/c17-13-6-4-12(5-7-13)14(19)10-18-11-16(21-15(18)20)8-2-1-3-9-16/h4-7,14,19H,1-3,8-11H2. The van der Waals surface area contributed by atoms with Gasteiger partial charge in [0.25, 0.3) is 0 Å². The minimum Gasteiger partial charge on any atom is -0.441 e. The first-order chi connectivity index (χ1) is 10.1. The maximum absolute atomic E-state index is 12.1. The summed E-state index contributed by atoms with van der Waals surface area (Å²) in [6.45, 7) is 0.904. The van der Waals surface area contributed by atoms with E-state index in [1.165, 1.54) is 6.42 Å². The average Bonchev–Trinajstić information content (AvgIpc) is 2.76. The lowest BCUT2D eigenvalue weighted by Gasteiger charge is -2.30. The van der Waals surface area contributed by atoms with E-state index in [0.717, 1.165) is 35.7 Å². The fraction of sp³-hybridized carbons (Fsp3) is 0.562. The maximum Gasteiger partial charge on any atom is 0.410 e. The average molecular weight is 354 g/mol. The number of carbonyl (C=O) groups excluding carboxylic acids is 1. The second-order valence-electron chi connectivity index (χ2n) is 6.06. The first kappa shape index (κ1) is 14.9. The van der Waals surface area contributed by atoms with Crippen molar-refractivity contribution in [2.45, 2.75) is 43.8 Å².